The van der Waals surface area contributed by atoms with Gasteiger partial charge >= 0.3 is 0 Å². The molecule has 2 rings (SSSR count). The third kappa shape index (κ3) is 5.64. The van der Waals surface area contributed by atoms with Gasteiger partial charge in [-0.05, 0) is 55.8 Å². The minimum atomic E-state index is -3.53. The Balaban J connectivity index is 2.10. The molecule has 0 heterocycles. The maximum absolute atomic E-state index is 12.5. The molecule has 0 radical (unpaired) electrons. The molecule has 0 fully saturated rings. The van der Waals surface area contributed by atoms with E-state index in [9.17, 15) is 13.2 Å². The highest BCUT2D eigenvalue weighted by Gasteiger charge is 2.21. The van der Waals surface area contributed by atoms with Crippen molar-refractivity contribution in [1.82, 2.24) is 4.31 Å². The molecule has 0 saturated carbocycles. The smallest absolute Gasteiger partial charge is 0.255 e. The molecular formula is C21H28N2O4S. The molecule has 2 aromatic rings. The highest BCUT2D eigenvalue weighted by Crippen LogP contribution is 2.18. The number of nitrogens with one attached hydrogen (secondary N) is 1. The van der Waals surface area contributed by atoms with Crippen LogP contribution in [0.5, 0.6) is 0 Å². The summed E-state index contributed by atoms with van der Waals surface area (Å²) in [5, 5.41) is 2.84. The number of nitrogens with zero attached hydrogens (tertiary/aromatic N) is 1. The lowest BCUT2D eigenvalue weighted by Crippen LogP contribution is -2.30. The fourth-order valence-electron chi connectivity index (χ4n) is 2.70. The lowest BCUT2D eigenvalue weighted by Gasteiger charge is -2.18. The van der Waals surface area contributed by atoms with E-state index in [0.717, 1.165) is 5.56 Å². The van der Waals surface area contributed by atoms with Gasteiger partial charge in [-0.15, -0.1) is 0 Å². The van der Waals surface area contributed by atoms with Crippen LogP contribution in [0.3, 0.4) is 0 Å². The van der Waals surface area contributed by atoms with Crippen LogP contribution in [0.2, 0.25) is 0 Å². The Morgan fingerprint density at radius 2 is 1.71 bits per heavy atom. The summed E-state index contributed by atoms with van der Waals surface area (Å²) < 4.78 is 32.0. The normalized spacial score (nSPS) is 11.8. The van der Waals surface area contributed by atoms with E-state index in [2.05, 4.69) is 5.32 Å². The summed E-state index contributed by atoms with van der Waals surface area (Å²) in [6, 6.07) is 13.4. The fourth-order valence-corrected chi connectivity index (χ4v) is 4.15. The van der Waals surface area contributed by atoms with Crippen LogP contribution in [-0.2, 0) is 21.4 Å². The Labute approximate surface area is 167 Å². The molecule has 0 aromatic heterocycles. The molecule has 0 aliphatic heterocycles. The Morgan fingerprint density at radius 1 is 1.07 bits per heavy atom. The van der Waals surface area contributed by atoms with Crippen molar-refractivity contribution in [2.24, 2.45) is 0 Å². The van der Waals surface area contributed by atoms with Gasteiger partial charge in [0, 0.05) is 24.3 Å². The van der Waals surface area contributed by atoms with Gasteiger partial charge < -0.3 is 10.1 Å². The van der Waals surface area contributed by atoms with Crippen LogP contribution in [0.25, 0.3) is 0 Å². The van der Waals surface area contributed by atoms with E-state index in [1.54, 1.807) is 19.9 Å². The van der Waals surface area contributed by atoms with Gasteiger partial charge in [0.2, 0.25) is 10.0 Å². The molecule has 0 aliphatic carbocycles. The standard InChI is InChI=1S/C21H28N2O4S/c1-5-23(6-2)28(25,26)20-12-10-18(11-13-20)21(24)22-19-9-7-8-17(14-19)15-27-16(3)4/h7-14,16H,5-6,15H2,1-4H3,(H,22,24). The summed E-state index contributed by atoms with van der Waals surface area (Å²) in [5.74, 6) is -0.297. The Hall–Kier alpha value is -2.22. The number of carbonyl (C=O) groups excluding carboxylic acids is 1. The first-order valence-electron chi connectivity index (χ1n) is 9.40. The number of sulfonamides is 1. The number of hydrogen-bond acceptors (Lipinski definition) is 4. The number of benzene rings is 2. The number of carbonyl (C=O) groups is 1. The zero-order valence-electron chi connectivity index (χ0n) is 16.8. The predicted molar refractivity (Wildman–Crippen MR) is 111 cm³/mol. The van der Waals surface area contributed by atoms with Crippen LogP contribution in [0, 0.1) is 0 Å². The second kappa shape index (κ2) is 9.82. The van der Waals surface area contributed by atoms with E-state index in [1.807, 2.05) is 32.0 Å². The van der Waals surface area contributed by atoms with E-state index in [0.29, 0.717) is 30.9 Å². The van der Waals surface area contributed by atoms with Crippen LogP contribution < -0.4 is 5.32 Å². The van der Waals surface area contributed by atoms with Crippen molar-refractivity contribution in [3.8, 4) is 0 Å². The summed E-state index contributed by atoms with van der Waals surface area (Å²) in [5.41, 5.74) is 2.02. The van der Waals surface area contributed by atoms with E-state index < -0.39 is 10.0 Å². The SMILES string of the molecule is CCN(CC)S(=O)(=O)c1ccc(C(=O)Nc2cccc(COC(C)C)c2)cc1. The molecule has 0 aliphatic rings. The molecular weight excluding hydrogens is 376 g/mol. The number of amides is 1. The van der Waals surface area contributed by atoms with Crippen LogP contribution in [0.1, 0.15) is 43.6 Å². The predicted octanol–water partition coefficient (Wildman–Crippen LogP) is 3.89. The van der Waals surface area contributed by atoms with Gasteiger partial charge in [-0.3, -0.25) is 4.79 Å². The average molecular weight is 405 g/mol. The molecule has 0 bridgehead atoms. The van der Waals surface area contributed by atoms with Gasteiger partial charge in [-0.2, -0.15) is 4.31 Å². The molecule has 0 atom stereocenters. The van der Waals surface area contributed by atoms with Gasteiger partial charge in [-0.1, -0.05) is 26.0 Å². The highest BCUT2D eigenvalue weighted by atomic mass is 32.2. The molecule has 1 amide bonds. The van der Waals surface area contributed by atoms with Gasteiger partial charge in [0.15, 0.2) is 0 Å². The Kier molecular flexibility index (Phi) is 7.74. The molecule has 2 aromatic carbocycles. The molecule has 0 saturated heterocycles. The van der Waals surface area contributed by atoms with Gasteiger partial charge in [-0.25, -0.2) is 8.42 Å². The van der Waals surface area contributed by atoms with Crippen molar-refractivity contribution in [2.45, 2.75) is 45.3 Å². The van der Waals surface area contributed by atoms with Crippen LogP contribution in [0.4, 0.5) is 5.69 Å². The van der Waals surface area contributed by atoms with Crippen molar-refractivity contribution in [2.75, 3.05) is 18.4 Å². The topological polar surface area (TPSA) is 75.7 Å². The number of ether oxygens (including phenoxy) is 1. The van der Waals surface area contributed by atoms with E-state index in [1.165, 1.54) is 28.6 Å². The highest BCUT2D eigenvalue weighted by molar-refractivity contribution is 7.89. The molecule has 1 N–H and O–H groups in total. The van der Waals surface area contributed by atoms with Crippen molar-refractivity contribution >= 4 is 21.6 Å². The molecule has 7 heteroatoms. The van der Waals surface area contributed by atoms with Crippen LogP contribution >= 0.6 is 0 Å². The van der Waals surface area contributed by atoms with Crippen molar-refractivity contribution < 1.29 is 17.9 Å². The Bertz CT molecular complexity index is 889. The van der Waals surface area contributed by atoms with Gasteiger partial charge in [0.1, 0.15) is 0 Å². The minimum absolute atomic E-state index is 0.129. The number of rotatable bonds is 9. The van der Waals surface area contributed by atoms with Crippen molar-refractivity contribution in [3.63, 3.8) is 0 Å². The summed E-state index contributed by atoms with van der Waals surface area (Å²) >= 11 is 0. The summed E-state index contributed by atoms with van der Waals surface area (Å²) in [7, 11) is -3.53. The van der Waals surface area contributed by atoms with Crippen molar-refractivity contribution in [3.05, 3.63) is 59.7 Å². The Morgan fingerprint density at radius 3 is 2.29 bits per heavy atom. The fraction of sp³-hybridized carbons (Fsp3) is 0.381. The van der Waals surface area contributed by atoms with Crippen LogP contribution in [-0.4, -0.2) is 37.8 Å². The zero-order chi connectivity index (χ0) is 20.7. The summed E-state index contributed by atoms with van der Waals surface area (Å²) in [4.78, 5) is 12.7. The third-order valence-electron chi connectivity index (χ3n) is 4.23. The summed E-state index contributed by atoms with van der Waals surface area (Å²) in [6.07, 6.45) is 0.129. The number of anilines is 1. The maximum Gasteiger partial charge on any atom is 0.255 e. The van der Waals surface area contributed by atoms with Crippen molar-refractivity contribution in [1.29, 1.82) is 0 Å². The summed E-state index contributed by atoms with van der Waals surface area (Å²) in [6.45, 7) is 8.80. The van der Waals surface area contributed by atoms with E-state index in [4.69, 9.17) is 4.74 Å². The largest absolute Gasteiger partial charge is 0.374 e. The van der Waals surface area contributed by atoms with Gasteiger partial charge in [0.25, 0.3) is 5.91 Å². The average Bonchev–Trinajstić information content (AvgIpc) is 2.67. The van der Waals surface area contributed by atoms with Gasteiger partial charge in [0.05, 0.1) is 17.6 Å². The molecule has 0 unspecified atom stereocenters. The lowest BCUT2D eigenvalue weighted by molar-refractivity contribution is 0.0657. The second-order valence-corrected chi connectivity index (χ2v) is 8.57. The first-order valence-corrected chi connectivity index (χ1v) is 10.8. The van der Waals surface area contributed by atoms with E-state index in [-0.39, 0.29) is 16.9 Å². The maximum atomic E-state index is 12.5. The first-order chi connectivity index (χ1) is 13.3. The second-order valence-electron chi connectivity index (χ2n) is 6.63. The molecule has 0 spiro atoms. The molecule has 6 nitrogen and oxygen atoms in total. The third-order valence-corrected chi connectivity index (χ3v) is 6.29. The molecule has 152 valence electrons. The first kappa shape index (κ1) is 22.1. The molecule has 28 heavy (non-hydrogen) atoms. The zero-order valence-corrected chi connectivity index (χ0v) is 17.6. The van der Waals surface area contributed by atoms with E-state index >= 15 is 0 Å². The lowest BCUT2D eigenvalue weighted by atomic mass is 10.2. The quantitative estimate of drug-likeness (QED) is 0.688. The number of hydrogen-bond donors (Lipinski definition) is 1. The minimum Gasteiger partial charge on any atom is -0.374 e. The monoisotopic (exact) mass is 404 g/mol. The van der Waals surface area contributed by atoms with Crippen LogP contribution in [0.15, 0.2) is 53.4 Å².